The molecule has 4 nitrogen and oxygen atoms in total. The van der Waals surface area contributed by atoms with E-state index < -0.39 is 9.05 Å². The molecule has 0 saturated heterocycles. The van der Waals surface area contributed by atoms with Crippen molar-refractivity contribution in [2.24, 2.45) is 0 Å². The van der Waals surface area contributed by atoms with Gasteiger partial charge in [-0.25, -0.2) is 13.4 Å². The van der Waals surface area contributed by atoms with Gasteiger partial charge in [-0.15, -0.1) is 0 Å². The van der Waals surface area contributed by atoms with Gasteiger partial charge in [0.2, 0.25) is 0 Å². The van der Waals surface area contributed by atoms with Crippen molar-refractivity contribution in [3.8, 4) is 5.75 Å². The lowest BCUT2D eigenvalue weighted by Gasteiger charge is -2.05. The fraction of sp³-hybridized carbons (Fsp3) is 0.167. The number of hydrogen-bond donors (Lipinski definition) is 0. The second kappa shape index (κ2) is 4.34. The van der Waals surface area contributed by atoms with Gasteiger partial charge in [-0.2, -0.15) is 0 Å². The highest BCUT2D eigenvalue weighted by molar-refractivity contribution is 9.11. The van der Waals surface area contributed by atoms with Crippen LogP contribution in [-0.2, 0) is 9.05 Å². The number of nitrogens with zero attached hydrogens (tertiary/aromatic N) is 1. The predicted octanol–water partition coefficient (Wildman–Crippen LogP) is 2.54. The normalized spacial score (nSPS) is 11.4. The van der Waals surface area contributed by atoms with Gasteiger partial charge in [-0.05, 0) is 31.9 Å². The van der Waals surface area contributed by atoms with Crippen LogP contribution in [0.5, 0.6) is 5.75 Å². The van der Waals surface area contributed by atoms with Gasteiger partial charge >= 0.3 is 0 Å². The van der Waals surface area contributed by atoms with Gasteiger partial charge in [0.15, 0.2) is 5.75 Å². The molecule has 0 atom stereocenters. The van der Waals surface area contributed by atoms with E-state index in [0.717, 1.165) is 0 Å². The molecule has 0 aliphatic rings. The van der Waals surface area contributed by atoms with Crippen molar-refractivity contribution in [3.05, 3.63) is 15.3 Å². The van der Waals surface area contributed by atoms with Crippen LogP contribution < -0.4 is 4.74 Å². The molecule has 0 amide bonds. The van der Waals surface area contributed by atoms with Crippen LogP contribution in [0.1, 0.15) is 0 Å². The third kappa shape index (κ3) is 2.59. The smallest absolute Gasteiger partial charge is 0.264 e. The summed E-state index contributed by atoms with van der Waals surface area (Å²) in [6.45, 7) is 0. The maximum atomic E-state index is 11.1. The van der Waals surface area contributed by atoms with Gasteiger partial charge in [-0.3, -0.25) is 0 Å². The topological polar surface area (TPSA) is 56.3 Å². The number of aromatic nitrogens is 1. The van der Waals surface area contributed by atoms with Crippen LogP contribution >= 0.6 is 42.5 Å². The number of ether oxygens (including phenoxy) is 1. The maximum absolute atomic E-state index is 11.1. The van der Waals surface area contributed by atoms with Crippen molar-refractivity contribution in [1.29, 1.82) is 0 Å². The minimum absolute atomic E-state index is 0.126. The van der Waals surface area contributed by atoms with Crippen molar-refractivity contribution in [2.45, 2.75) is 4.90 Å². The van der Waals surface area contributed by atoms with Gasteiger partial charge in [-0.1, -0.05) is 0 Å². The molecule has 0 N–H and O–H groups in total. The third-order valence-corrected chi connectivity index (χ3v) is 4.12. The van der Waals surface area contributed by atoms with Crippen molar-refractivity contribution in [3.63, 3.8) is 0 Å². The Bertz CT molecular complexity index is 462. The molecule has 0 saturated carbocycles. The summed E-state index contributed by atoms with van der Waals surface area (Å²) < 4.78 is 27.5. The monoisotopic (exact) mass is 363 g/mol. The zero-order chi connectivity index (χ0) is 10.9. The zero-order valence-corrected chi connectivity index (χ0v) is 11.5. The van der Waals surface area contributed by atoms with Gasteiger partial charge < -0.3 is 4.74 Å². The van der Waals surface area contributed by atoms with Crippen LogP contribution in [0.3, 0.4) is 0 Å². The van der Waals surface area contributed by atoms with Crippen LogP contribution in [0, 0.1) is 0 Å². The van der Waals surface area contributed by atoms with E-state index in [1.54, 1.807) is 0 Å². The van der Waals surface area contributed by atoms with Crippen molar-refractivity contribution >= 4 is 51.6 Å². The first-order valence-electron chi connectivity index (χ1n) is 3.21. The molecule has 1 rings (SSSR count). The van der Waals surface area contributed by atoms with Crippen LogP contribution in [0.15, 0.2) is 20.2 Å². The Balaban J connectivity index is 3.47. The molecule has 78 valence electrons. The Morgan fingerprint density at radius 2 is 2.00 bits per heavy atom. The minimum Gasteiger partial charge on any atom is -0.494 e. The largest absolute Gasteiger partial charge is 0.494 e. The molecule has 0 aromatic carbocycles. The summed E-state index contributed by atoms with van der Waals surface area (Å²) in [4.78, 5) is 3.73. The first-order valence-corrected chi connectivity index (χ1v) is 7.10. The van der Waals surface area contributed by atoms with Crippen LogP contribution in [0.25, 0.3) is 0 Å². The second-order valence-corrected chi connectivity index (χ2v) is 6.24. The van der Waals surface area contributed by atoms with Crippen molar-refractivity contribution in [2.75, 3.05) is 7.11 Å². The maximum Gasteiger partial charge on any atom is 0.264 e. The molecule has 0 spiro atoms. The lowest BCUT2D eigenvalue weighted by Crippen LogP contribution is -1.97. The summed E-state index contributed by atoms with van der Waals surface area (Å²) >= 11 is 6.09. The molecule has 1 aromatic heterocycles. The predicted molar refractivity (Wildman–Crippen MR) is 59.2 cm³/mol. The highest BCUT2D eigenvalue weighted by Crippen LogP contribution is 2.32. The summed E-state index contributed by atoms with van der Waals surface area (Å²) in [7, 11) is 2.76. The SMILES string of the molecule is COc1cc(S(=O)(=O)Cl)c(Br)nc1Br. The van der Waals surface area contributed by atoms with Crippen LogP contribution in [0.2, 0.25) is 0 Å². The first-order chi connectivity index (χ1) is 6.36. The van der Waals surface area contributed by atoms with Crippen molar-refractivity contribution in [1.82, 2.24) is 4.98 Å². The highest BCUT2D eigenvalue weighted by atomic mass is 79.9. The fourth-order valence-electron chi connectivity index (χ4n) is 0.749. The van der Waals surface area contributed by atoms with E-state index in [2.05, 4.69) is 36.8 Å². The number of methoxy groups -OCH3 is 1. The van der Waals surface area contributed by atoms with E-state index >= 15 is 0 Å². The summed E-state index contributed by atoms with van der Waals surface area (Å²) in [6, 6.07) is 1.28. The Hall–Kier alpha value is 0.150. The molecule has 1 aromatic rings. The number of halogens is 3. The van der Waals surface area contributed by atoms with Gasteiger partial charge in [0.1, 0.15) is 14.1 Å². The molecule has 0 bridgehead atoms. The molecule has 0 aliphatic carbocycles. The third-order valence-electron chi connectivity index (χ3n) is 1.35. The molecular weight excluding hydrogens is 361 g/mol. The van der Waals surface area contributed by atoms with E-state index in [1.807, 2.05) is 0 Å². The average Bonchev–Trinajstić information content (AvgIpc) is 2.02. The lowest BCUT2D eigenvalue weighted by atomic mass is 10.5. The molecule has 14 heavy (non-hydrogen) atoms. The summed E-state index contributed by atoms with van der Waals surface area (Å²) in [6.07, 6.45) is 0. The molecule has 0 fully saturated rings. The van der Waals surface area contributed by atoms with Gasteiger partial charge in [0.25, 0.3) is 9.05 Å². The highest BCUT2D eigenvalue weighted by Gasteiger charge is 2.18. The molecule has 0 radical (unpaired) electrons. The molecular formula is C6H4Br2ClNO3S. The molecule has 8 heteroatoms. The Morgan fingerprint density at radius 1 is 1.43 bits per heavy atom. The van der Waals surface area contributed by atoms with E-state index in [0.29, 0.717) is 10.4 Å². The summed E-state index contributed by atoms with van der Waals surface area (Å²) in [5, 5.41) is 0. The van der Waals surface area contributed by atoms with E-state index in [9.17, 15) is 8.42 Å². The van der Waals surface area contributed by atoms with E-state index in [1.165, 1.54) is 13.2 Å². The van der Waals surface area contributed by atoms with E-state index in [4.69, 9.17) is 15.4 Å². The van der Waals surface area contributed by atoms with Gasteiger partial charge in [0.05, 0.1) is 7.11 Å². The number of hydrogen-bond acceptors (Lipinski definition) is 4. The Kier molecular flexibility index (Phi) is 3.79. The average molecular weight is 365 g/mol. The summed E-state index contributed by atoms with van der Waals surface area (Å²) in [5.74, 6) is 0.299. The number of rotatable bonds is 2. The zero-order valence-electron chi connectivity index (χ0n) is 6.79. The van der Waals surface area contributed by atoms with Crippen LogP contribution in [0.4, 0.5) is 0 Å². The summed E-state index contributed by atoms with van der Waals surface area (Å²) in [5.41, 5.74) is 0. The molecule has 1 heterocycles. The quantitative estimate of drug-likeness (QED) is 0.597. The van der Waals surface area contributed by atoms with E-state index in [-0.39, 0.29) is 9.50 Å². The lowest BCUT2D eigenvalue weighted by molar-refractivity contribution is 0.408. The molecule has 0 unspecified atom stereocenters. The van der Waals surface area contributed by atoms with Crippen molar-refractivity contribution < 1.29 is 13.2 Å². The fourth-order valence-corrected chi connectivity index (χ4v) is 3.50. The minimum atomic E-state index is -3.82. The molecule has 0 aliphatic heterocycles. The first kappa shape index (κ1) is 12.2. The Labute approximate surface area is 102 Å². The van der Waals surface area contributed by atoms with Crippen LogP contribution in [-0.4, -0.2) is 20.5 Å². The standard InChI is InChI=1S/C6H4Br2ClNO3S/c1-13-3-2-4(14(9,11)12)6(8)10-5(3)7/h2H,1H3. The Morgan fingerprint density at radius 3 is 2.43 bits per heavy atom. The second-order valence-electron chi connectivity index (χ2n) is 2.21. The van der Waals surface area contributed by atoms with Gasteiger partial charge in [0, 0.05) is 16.7 Å². The number of pyridine rings is 1.